The van der Waals surface area contributed by atoms with Crippen molar-refractivity contribution in [3.8, 4) is 0 Å². The van der Waals surface area contributed by atoms with Crippen LogP contribution in [0.15, 0.2) is 0 Å². The summed E-state index contributed by atoms with van der Waals surface area (Å²) in [5, 5.41) is 0.781. The Kier molecular flexibility index (Phi) is 5.44. The minimum absolute atomic E-state index is 0.141. The highest BCUT2D eigenvalue weighted by molar-refractivity contribution is 14.1. The molecule has 1 aliphatic rings. The van der Waals surface area contributed by atoms with Crippen LogP contribution in [0.3, 0.4) is 0 Å². The number of ether oxygens (including phenoxy) is 1. The van der Waals surface area contributed by atoms with E-state index in [1.54, 1.807) is 0 Å². The van der Waals surface area contributed by atoms with Gasteiger partial charge in [-0.2, -0.15) is 0 Å². The lowest BCUT2D eigenvalue weighted by atomic mass is 10.2. The highest BCUT2D eigenvalue weighted by atomic mass is 127. The molecule has 1 saturated heterocycles. The van der Waals surface area contributed by atoms with Crippen molar-refractivity contribution in [3.05, 3.63) is 19.7 Å². The first-order valence-corrected chi connectivity index (χ1v) is 7.67. The van der Waals surface area contributed by atoms with E-state index in [0.717, 1.165) is 26.1 Å². The third-order valence-electron chi connectivity index (χ3n) is 2.77. The van der Waals surface area contributed by atoms with Gasteiger partial charge in [-0.1, -0.05) is 30.1 Å². The summed E-state index contributed by atoms with van der Waals surface area (Å²) in [6.45, 7) is 5.66. The van der Waals surface area contributed by atoms with Gasteiger partial charge in [0, 0.05) is 13.1 Å². The van der Waals surface area contributed by atoms with E-state index in [4.69, 9.17) is 27.9 Å². The molecule has 1 atom stereocenters. The second-order valence-corrected chi connectivity index (χ2v) is 5.93. The van der Waals surface area contributed by atoms with Crippen LogP contribution in [0.5, 0.6) is 0 Å². The number of hydrogen-bond acceptors (Lipinski definition) is 4. The van der Waals surface area contributed by atoms with Crippen molar-refractivity contribution in [2.75, 3.05) is 26.2 Å². The van der Waals surface area contributed by atoms with Crippen LogP contribution in [-0.2, 0) is 4.74 Å². The SMILES string of the molecule is CCCN1CCOC(c2nc(Cl)c(I)c(Cl)n2)C1. The Labute approximate surface area is 130 Å². The maximum atomic E-state index is 6.02. The van der Waals surface area contributed by atoms with E-state index in [-0.39, 0.29) is 6.10 Å². The number of nitrogens with zero attached hydrogens (tertiary/aromatic N) is 3. The molecule has 1 aromatic rings. The highest BCUT2D eigenvalue weighted by Crippen LogP contribution is 2.27. The number of rotatable bonds is 3. The molecular weight excluding hydrogens is 388 g/mol. The molecule has 0 N–H and O–H groups in total. The Morgan fingerprint density at radius 1 is 1.39 bits per heavy atom. The van der Waals surface area contributed by atoms with E-state index in [2.05, 4.69) is 21.8 Å². The number of morpholine rings is 1. The summed E-state index contributed by atoms with van der Waals surface area (Å²) < 4.78 is 6.39. The first kappa shape index (κ1) is 14.7. The molecular formula is C11H14Cl2IN3O. The number of aromatic nitrogens is 2. The summed E-state index contributed by atoms with van der Waals surface area (Å²) in [6.07, 6.45) is 0.985. The lowest BCUT2D eigenvalue weighted by molar-refractivity contribution is -0.0342. The first-order chi connectivity index (χ1) is 8.61. The van der Waals surface area contributed by atoms with Crippen LogP contribution in [-0.4, -0.2) is 41.1 Å². The zero-order valence-electron chi connectivity index (χ0n) is 10.00. The Bertz CT molecular complexity index is 408. The van der Waals surface area contributed by atoms with Gasteiger partial charge >= 0.3 is 0 Å². The Balaban J connectivity index is 2.15. The summed E-state index contributed by atoms with van der Waals surface area (Å²) in [5.41, 5.74) is 0. The zero-order chi connectivity index (χ0) is 13.1. The second-order valence-electron chi connectivity index (χ2n) is 4.14. The van der Waals surface area contributed by atoms with Gasteiger partial charge in [-0.25, -0.2) is 9.97 Å². The van der Waals surface area contributed by atoms with Gasteiger partial charge < -0.3 is 4.74 Å². The summed E-state index contributed by atoms with van der Waals surface area (Å²) in [7, 11) is 0. The predicted molar refractivity (Wildman–Crippen MR) is 80.2 cm³/mol. The summed E-state index contributed by atoms with van der Waals surface area (Å²) in [5.74, 6) is 0.575. The van der Waals surface area contributed by atoms with E-state index in [1.807, 2.05) is 22.6 Å². The maximum absolute atomic E-state index is 6.02. The molecule has 0 bridgehead atoms. The van der Waals surface area contributed by atoms with Gasteiger partial charge in [0.25, 0.3) is 0 Å². The van der Waals surface area contributed by atoms with Gasteiger partial charge in [0.15, 0.2) is 5.82 Å². The largest absolute Gasteiger partial charge is 0.368 e. The molecule has 4 nitrogen and oxygen atoms in total. The van der Waals surface area contributed by atoms with E-state index in [1.165, 1.54) is 0 Å². The Hall–Kier alpha value is 0.310. The van der Waals surface area contributed by atoms with Crippen LogP contribution in [0.25, 0.3) is 0 Å². The first-order valence-electron chi connectivity index (χ1n) is 5.84. The predicted octanol–water partition coefficient (Wildman–Crippen LogP) is 3.17. The average Bonchev–Trinajstić information content (AvgIpc) is 2.36. The fourth-order valence-corrected chi connectivity index (χ4v) is 2.57. The van der Waals surface area contributed by atoms with Gasteiger partial charge in [0.2, 0.25) is 0 Å². The Morgan fingerprint density at radius 3 is 2.67 bits per heavy atom. The Morgan fingerprint density at radius 2 is 2.06 bits per heavy atom. The molecule has 0 aromatic carbocycles. The van der Waals surface area contributed by atoms with Crippen LogP contribution in [0, 0.1) is 3.57 Å². The molecule has 0 amide bonds. The van der Waals surface area contributed by atoms with Gasteiger partial charge in [0.05, 0.1) is 10.2 Å². The van der Waals surface area contributed by atoms with Gasteiger partial charge in [-0.3, -0.25) is 4.90 Å². The van der Waals surface area contributed by atoms with Crippen LogP contribution >= 0.6 is 45.8 Å². The van der Waals surface area contributed by atoms with Crippen LogP contribution < -0.4 is 0 Å². The van der Waals surface area contributed by atoms with Gasteiger partial charge in [-0.05, 0) is 35.6 Å². The lowest BCUT2D eigenvalue weighted by Gasteiger charge is -2.31. The number of halogens is 3. The third-order valence-corrected chi connectivity index (χ3v) is 4.97. The average molecular weight is 402 g/mol. The fourth-order valence-electron chi connectivity index (χ4n) is 1.93. The third kappa shape index (κ3) is 3.45. The molecule has 0 saturated carbocycles. The molecule has 0 radical (unpaired) electrons. The lowest BCUT2D eigenvalue weighted by Crippen LogP contribution is -2.39. The highest BCUT2D eigenvalue weighted by Gasteiger charge is 2.25. The van der Waals surface area contributed by atoms with E-state index >= 15 is 0 Å². The molecule has 2 heterocycles. The quantitative estimate of drug-likeness (QED) is 0.576. The van der Waals surface area contributed by atoms with Crippen molar-refractivity contribution in [1.29, 1.82) is 0 Å². The molecule has 2 rings (SSSR count). The molecule has 1 aliphatic heterocycles. The van der Waals surface area contributed by atoms with Crippen molar-refractivity contribution >= 4 is 45.8 Å². The summed E-state index contributed by atoms with van der Waals surface area (Å²) in [4.78, 5) is 10.9. The van der Waals surface area contributed by atoms with E-state index in [0.29, 0.717) is 26.3 Å². The monoisotopic (exact) mass is 401 g/mol. The maximum Gasteiger partial charge on any atom is 0.161 e. The topological polar surface area (TPSA) is 38.2 Å². The fraction of sp³-hybridized carbons (Fsp3) is 0.636. The van der Waals surface area contributed by atoms with Crippen LogP contribution in [0.4, 0.5) is 0 Å². The number of hydrogen-bond donors (Lipinski definition) is 0. The van der Waals surface area contributed by atoms with Crippen molar-refractivity contribution in [2.45, 2.75) is 19.4 Å². The van der Waals surface area contributed by atoms with E-state index in [9.17, 15) is 0 Å². The van der Waals surface area contributed by atoms with Crippen molar-refractivity contribution in [3.63, 3.8) is 0 Å². The zero-order valence-corrected chi connectivity index (χ0v) is 13.7. The smallest absolute Gasteiger partial charge is 0.161 e. The molecule has 1 fully saturated rings. The minimum Gasteiger partial charge on any atom is -0.368 e. The second kappa shape index (κ2) is 6.65. The molecule has 7 heteroatoms. The van der Waals surface area contributed by atoms with Crippen molar-refractivity contribution < 1.29 is 4.74 Å². The standard InChI is InChI=1S/C11H14Cl2IN3O/c1-2-3-17-4-5-18-7(6-17)11-15-9(12)8(14)10(13)16-11/h7H,2-6H2,1H3. The normalized spacial score (nSPS) is 21.2. The molecule has 0 aliphatic carbocycles. The summed E-state index contributed by atoms with van der Waals surface area (Å²) in [6, 6.07) is 0. The van der Waals surface area contributed by atoms with Crippen molar-refractivity contribution in [1.82, 2.24) is 14.9 Å². The molecule has 1 aromatic heterocycles. The molecule has 0 spiro atoms. The van der Waals surface area contributed by atoms with E-state index < -0.39 is 0 Å². The van der Waals surface area contributed by atoms with Gasteiger partial charge in [0.1, 0.15) is 16.4 Å². The van der Waals surface area contributed by atoms with Gasteiger partial charge in [-0.15, -0.1) is 0 Å². The molecule has 1 unspecified atom stereocenters. The molecule has 100 valence electrons. The van der Waals surface area contributed by atoms with Crippen LogP contribution in [0.2, 0.25) is 10.3 Å². The van der Waals surface area contributed by atoms with Crippen LogP contribution in [0.1, 0.15) is 25.3 Å². The summed E-state index contributed by atoms with van der Waals surface area (Å²) >= 11 is 14.1. The minimum atomic E-state index is -0.141. The van der Waals surface area contributed by atoms with Crippen molar-refractivity contribution in [2.24, 2.45) is 0 Å². The molecule has 18 heavy (non-hydrogen) atoms.